The maximum atomic E-state index is 2.44. The van der Waals surface area contributed by atoms with Gasteiger partial charge in [-0.05, 0) is 142 Å². The lowest BCUT2D eigenvalue weighted by Gasteiger charge is -2.11. The Morgan fingerprint density at radius 3 is 0.783 bits per heavy atom. The molecular weight excluding hydrogens is 835 g/mol. The Hall–Kier alpha value is -9.18. The normalized spacial score (nSPS) is 11.8. The van der Waals surface area contributed by atoms with Gasteiger partial charge in [-0.1, -0.05) is 164 Å². The van der Waals surface area contributed by atoms with Crippen molar-refractivity contribution in [3.05, 3.63) is 261 Å². The quantitative estimate of drug-likeness (QED) is 0.152. The van der Waals surface area contributed by atoms with E-state index in [0.29, 0.717) is 0 Å². The summed E-state index contributed by atoms with van der Waals surface area (Å²) in [6, 6.07) is 95.5. The van der Waals surface area contributed by atoms with Crippen LogP contribution >= 0.6 is 0 Å². The van der Waals surface area contributed by atoms with Crippen molar-refractivity contribution in [3.63, 3.8) is 0 Å². The van der Waals surface area contributed by atoms with E-state index in [1.807, 2.05) is 0 Å². The molecule has 0 saturated heterocycles. The summed E-state index contributed by atoms with van der Waals surface area (Å²) < 4.78 is 7.21. The minimum Gasteiger partial charge on any atom is -0.309 e. The first kappa shape index (κ1) is 39.0. The predicted molar refractivity (Wildman–Crippen MR) is 291 cm³/mol. The highest BCUT2D eigenvalue weighted by molar-refractivity contribution is 6.14. The lowest BCUT2D eigenvalue weighted by Crippen LogP contribution is -1.94. The Bertz CT molecular complexity index is 4040. The van der Waals surface area contributed by atoms with Crippen LogP contribution in [0.15, 0.2) is 261 Å². The second kappa shape index (κ2) is 15.7. The van der Waals surface area contributed by atoms with E-state index in [4.69, 9.17) is 0 Å². The van der Waals surface area contributed by atoms with Gasteiger partial charge in [0.15, 0.2) is 0 Å². The van der Waals surface area contributed by atoms with Crippen LogP contribution in [0.1, 0.15) is 0 Å². The van der Waals surface area contributed by atoms with Gasteiger partial charge in [0.2, 0.25) is 0 Å². The van der Waals surface area contributed by atoms with E-state index in [2.05, 4.69) is 275 Å². The minimum absolute atomic E-state index is 1.13. The molecule has 3 heterocycles. The van der Waals surface area contributed by atoms with Gasteiger partial charge in [-0.15, -0.1) is 0 Å². The van der Waals surface area contributed by atoms with Crippen molar-refractivity contribution in [1.82, 2.24) is 13.7 Å². The molecule has 0 bridgehead atoms. The van der Waals surface area contributed by atoms with E-state index in [1.165, 1.54) is 110 Å². The van der Waals surface area contributed by atoms with Gasteiger partial charge in [0.05, 0.1) is 33.1 Å². The molecule has 0 saturated carbocycles. The van der Waals surface area contributed by atoms with Crippen LogP contribution in [0.2, 0.25) is 0 Å². The Kier molecular flexibility index (Phi) is 8.90. The molecule has 14 aromatic rings. The molecule has 3 aromatic heterocycles. The number of hydrogen-bond acceptors (Lipinski definition) is 0. The van der Waals surface area contributed by atoms with Gasteiger partial charge >= 0.3 is 0 Å². The Morgan fingerprint density at radius 1 is 0.159 bits per heavy atom. The molecule has 0 aliphatic carbocycles. The largest absolute Gasteiger partial charge is 0.309 e. The van der Waals surface area contributed by atoms with E-state index < -0.39 is 0 Å². The van der Waals surface area contributed by atoms with Crippen LogP contribution in [0.25, 0.3) is 127 Å². The van der Waals surface area contributed by atoms with E-state index in [9.17, 15) is 0 Å². The monoisotopic (exact) mass is 877 g/mol. The van der Waals surface area contributed by atoms with E-state index >= 15 is 0 Å². The molecule has 0 radical (unpaired) electrons. The first-order valence-electron chi connectivity index (χ1n) is 23.7. The van der Waals surface area contributed by atoms with Crippen LogP contribution in [0.5, 0.6) is 0 Å². The molecule has 0 fully saturated rings. The lowest BCUT2D eigenvalue weighted by molar-refractivity contribution is 1.18. The molecule has 11 aromatic carbocycles. The van der Waals surface area contributed by atoms with Crippen LogP contribution in [0, 0.1) is 0 Å². The molecule has 0 atom stereocenters. The molecule has 69 heavy (non-hydrogen) atoms. The molecule has 0 aliphatic heterocycles. The summed E-state index contributed by atoms with van der Waals surface area (Å²) in [6.45, 7) is 0. The fraction of sp³-hybridized carbons (Fsp3) is 0. The highest BCUT2D eigenvalue weighted by Crippen LogP contribution is 2.41. The maximum Gasteiger partial charge on any atom is 0.0541 e. The molecule has 0 spiro atoms. The summed E-state index contributed by atoms with van der Waals surface area (Å²) in [5.74, 6) is 0. The third-order valence-electron chi connectivity index (χ3n) is 14.3. The van der Waals surface area contributed by atoms with Gasteiger partial charge in [0.25, 0.3) is 0 Å². The van der Waals surface area contributed by atoms with Gasteiger partial charge < -0.3 is 13.7 Å². The molecule has 0 N–H and O–H groups in total. The van der Waals surface area contributed by atoms with Gasteiger partial charge in [-0.2, -0.15) is 0 Å². The van der Waals surface area contributed by atoms with Crippen molar-refractivity contribution >= 4 is 65.4 Å². The molecule has 14 rings (SSSR count). The van der Waals surface area contributed by atoms with E-state index in [0.717, 1.165) is 17.1 Å². The SMILES string of the molecule is c1ccc(-c2ccc(-c3ccc(-n4c5ccc(-c6ccc7c(c6)c6ccccc6n7-c6ccccc6)cc5c5cc(-c6ccc7c(c6)c6ccccc6n7-c6ccccc6)ccc54)cc3)cc2)cc1. The van der Waals surface area contributed by atoms with Crippen LogP contribution in [0.4, 0.5) is 0 Å². The molecule has 322 valence electrons. The molecule has 0 unspecified atom stereocenters. The molecule has 0 aliphatic rings. The van der Waals surface area contributed by atoms with Crippen LogP contribution in [-0.2, 0) is 0 Å². The number of hydrogen-bond donors (Lipinski definition) is 0. The number of rotatable bonds is 7. The Morgan fingerprint density at radius 2 is 0.406 bits per heavy atom. The summed E-state index contributed by atoms with van der Waals surface area (Å²) in [5.41, 5.74) is 20.2. The number of aromatic nitrogens is 3. The third kappa shape index (κ3) is 6.36. The Labute approximate surface area is 399 Å². The fourth-order valence-corrected chi connectivity index (χ4v) is 11.0. The zero-order valence-corrected chi connectivity index (χ0v) is 37.7. The van der Waals surface area contributed by atoms with Gasteiger partial charge in [0.1, 0.15) is 0 Å². The summed E-state index contributed by atoms with van der Waals surface area (Å²) in [4.78, 5) is 0. The second-order valence-electron chi connectivity index (χ2n) is 18.1. The number of benzene rings is 11. The highest BCUT2D eigenvalue weighted by Gasteiger charge is 2.19. The standard InChI is InChI=1S/C66H43N3/c1-4-14-44(15-5-1)45-24-26-46(27-25-45)47-28-34-54(35-29-47)69-65-38-32-50(48-30-36-63-57(40-48)55-20-10-12-22-61(55)67(63)52-16-6-2-7-17-52)42-59(65)60-43-51(33-39-66(60)69)49-31-37-64-58(41-49)56-21-11-13-23-62(56)68(64)53-18-8-3-9-19-53/h1-43H. The van der Waals surface area contributed by atoms with Crippen molar-refractivity contribution in [2.75, 3.05) is 0 Å². The van der Waals surface area contributed by atoms with Gasteiger partial charge in [-0.3, -0.25) is 0 Å². The molecule has 0 amide bonds. The third-order valence-corrected chi connectivity index (χ3v) is 14.3. The lowest BCUT2D eigenvalue weighted by atomic mass is 9.98. The van der Waals surface area contributed by atoms with Crippen LogP contribution in [-0.4, -0.2) is 13.7 Å². The molecule has 3 nitrogen and oxygen atoms in total. The van der Waals surface area contributed by atoms with E-state index in [-0.39, 0.29) is 0 Å². The summed E-state index contributed by atoms with van der Waals surface area (Å²) in [5, 5.41) is 7.43. The number of nitrogens with zero attached hydrogens (tertiary/aromatic N) is 3. The topological polar surface area (TPSA) is 14.8 Å². The van der Waals surface area contributed by atoms with Gasteiger partial charge in [-0.25, -0.2) is 0 Å². The zero-order valence-electron chi connectivity index (χ0n) is 37.7. The van der Waals surface area contributed by atoms with Crippen molar-refractivity contribution in [1.29, 1.82) is 0 Å². The first-order chi connectivity index (χ1) is 34.2. The number of fused-ring (bicyclic) bond motifs is 9. The summed E-state index contributed by atoms with van der Waals surface area (Å²) in [7, 11) is 0. The zero-order chi connectivity index (χ0) is 45.4. The van der Waals surface area contributed by atoms with Crippen molar-refractivity contribution in [3.8, 4) is 61.6 Å². The van der Waals surface area contributed by atoms with Crippen molar-refractivity contribution in [2.45, 2.75) is 0 Å². The summed E-state index contributed by atoms with van der Waals surface area (Å²) >= 11 is 0. The van der Waals surface area contributed by atoms with E-state index in [1.54, 1.807) is 0 Å². The van der Waals surface area contributed by atoms with Crippen LogP contribution < -0.4 is 0 Å². The average molecular weight is 878 g/mol. The fourth-order valence-electron chi connectivity index (χ4n) is 11.0. The highest BCUT2D eigenvalue weighted by atomic mass is 15.0. The molecular formula is C66H43N3. The maximum absolute atomic E-state index is 2.44. The average Bonchev–Trinajstić information content (AvgIpc) is 4.06. The first-order valence-corrected chi connectivity index (χ1v) is 23.7. The van der Waals surface area contributed by atoms with Gasteiger partial charge in [0, 0.05) is 49.4 Å². The molecule has 3 heteroatoms. The summed E-state index contributed by atoms with van der Waals surface area (Å²) in [6.07, 6.45) is 0. The van der Waals surface area contributed by atoms with Crippen molar-refractivity contribution in [2.24, 2.45) is 0 Å². The number of para-hydroxylation sites is 4. The van der Waals surface area contributed by atoms with Crippen LogP contribution in [0.3, 0.4) is 0 Å². The predicted octanol–water partition coefficient (Wildman–Crippen LogP) is 17.6. The van der Waals surface area contributed by atoms with Crippen molar-refractivity contribution < 1.29 is 0 Å². The Balaban J connectivity index is 0.925. The minimum atomic E-state index is 1.13. The smallest absolute Gasteiger partial charge is 0.0541 e. The second-order valence-corrected chi connectivity index (χ2v) is 18.1.